The average Bonchev–Trinajstić information content (AvgIpc) is 2.33. The third kappa shape index (κ3) is 3.12. The van der Waals surface area contributed by atoms with E-state index in [1.54, 1.807) is 0 Å². The third-order valence-electron chi connectivity index (χ3n) is 3.04. The van der Waals surface area contributed by atoms with Crippen molar-refractivity contribution >= 4 is 11.6 Å². The summed E-state index contributed by atoms with van der Waals surface area (Å²) in [7, 11) is 1.95. The van der Waals surface area contributed by atoms with Crippen LogP contribution in [0.25, 0.3) is 0 Å². The highest BCUT2D eigenvalue weighted by Gasteiger charge is 2.26. The van der Waals surface area contributed by atoms with Gasteiger partial charge in [-0.3, -0.25) is 0 Å². The van der Waals surface area contributed by atoms with Gasteiger partial charge in [-0.1, -0.05) is 17.7 Å². The molecule has 0 aromatic heterocycles. The van der Waals surface area contributed by atoms with Crippen molar-refractivity contribution in [3.63, 3.8) is 0 Å². The normalized spacial score (nSPS) is 24.6. The molecule has 0 radical (unpaired) electrons. The minimum absolute atomic E-state index is 0.0222. The standard InChI is InChI=1S/C13H18ClNO2/c1-9-3-4-12(10(14)7-9)17-13-8-16-6-5-11(13)15-2/h3-4,7,11,13,15H,5-6,8H2,1-2H3. The van der Waals surface area contributed by atoms with Crippen molar-refractivity contribution in [2.75, 3.05) is 20.3 Å². The maximum atomic E-state index is 6.15. The van der Waals surface area contributed by atoms with E-state index < -0.39 is 0 Å². The Morgan fingerprint density at radius 1 is 1.47 bits per heavy atom. The number of hydrogen-bond acceptors (Lipinski definition) is 3. The molecule has 1 aliphatic heterocycles. The summed E-state index contributed by atoms with van der Waals surface area (Å²) in [6, 6.07) is 6.15. The Hall–Kier alpha value is -0.770. The number of aryl methyl sites for hydroxylation is 1. The van der Waals surface area contributed by atoms with Crippen LogP contribution in [0.2, 0.25) is 5.02 Å². The molecule has 2 atom stereocenters. The first-order chi connectivity index (χ1) is 8.20. The Bertz CT molecular complexity index is 384. The van der Waals surface area contributed by atoms with E-state index in [-0.39, 0.29) is 6.10 Å². The molecule has 3 nitrogen and oxygen atoms in total. The summed E-state index contributed by atoms with van der Waals surface area (Å²) in [5.41, 5.74) is 1.13. The molecule has 1 N–H and O–H groups in total. The van der Waals surface area contributed by atoms with Gasteiger partial charge in [0.2, 0.25) is 0 Å². The van der Waals surface area contributed by atoms with Crippen molar-refractivity contribution in [3.8, 4) is 5.75 Å². The minimum Gasteiger partial charge on any atom is -0.485 e. The van der Waals surface area contributed by atoms with Crippen LogP contribution >= 0.6 is 11.6 Å². The summed E-state index contributed by atoms with van der Waals surface area (Å²) in [4.78, 5) is 0. The largest absolute Gasteiger partial charge is 0.485 e. The number of nitrogens with one attached hydrogen (secondary N) is 1. The molecular weight excluding hydrogens is 238 g/mol. The van der Waals surface area contributed by atoms with E-state index in [1.807, 2.05) is 32.2 Å². The van der Waals surface area contributed by atoms with Crippen molar-refractivity contribution in [3.05, 3.63) is 28.8 Å². The van der Waals surface area contributed by atoms with Crippen molar-refractivity contribution in [2.45, 2.75) is 25.5 Å². The second-order valence-corrected chi connectivity index (χ2v) is 4.76. The molecule has 0 aliphatic carbocycles. The second-order valence-electron chi connectivity index (χ2n) is 4.35. The van der Waals surface area contributed by atoms with E-state index in [1.165, 1.54) is 0 Å². The molecule has 1 aliphatic rings. The SMILES string of the molecule is CNC1CCOCC1Oc1ccc(C)cc1Cl. The van der Waals surface area contributed by atoms with Gasteiger partial charge in [0.25, 0.3) is 0 Å². The molecule has 94 valence electrons. The van der Waals surface area contributed by atoms with Crippen LogP contribution in [0.15, 0.2) is 18.2 Å². The lowest BCUT2D eigenvalue weighted by Gasteiger charge is -2.31. The Morgan fingerprint density at radius 3 is 3.00 bits per heavy atom. The quantitative estimate of drug-likeness (QED) is 0.900. The van der Waals surface area contributed by atoms with Gasteiger partial charge in [0.15, 0.2) is 0 Å². The van der Waals surface area contributed by atoms with Gasteiger partial charge in [0, 0.05) is 12.6 Å². The van der Waals surface area contributed by atoms with Crippen molar-refractivity contribution in [1.29, 1.82) is 0 Å². The van der Waals surface area contributed by atoms with Gasteiger partial charge in [0.05, 0.1) is 11.6 Å². The van der Waals surface area contributed by atoms with Gasteiger partial charge in [-0.2, -0.15) is 0 Å². The van der Waals surface area contributed by atoms with Crippen molar-refractivity contribution in [2.24, 2.45) is 0 Å². The predicted molar refractivity (Wildman–Crippen MR) is 68.9 cm³/mol. The van der Waals surface area contributed by atoms with Crippen LogP contribution in [0.5, 0.6) is 5.75 Å². The molecule has 1 saturated heterocycles. The number of ether oxygens (including phenoxy) is 2. The highest BCUT2D eigenvalue weighted by molar-refractivity contribution is 6.32. The van der Waals surface area contributed by atoms with Gasteiger partial charge in [-0.15, -0.1) is 0 Å². The molecular formula is C13H18ClNO2. The number of halogens is 1. The molecule has 1 aromatic rings. The second kappa shape index (κ2) is 5.71. The van der Waals surface area contributed by atoms with E-state index in [0.717, 1.165) is 24.3 Å². The molecule has 2 unspecified atom stereocenters. The maximum absolute atomic E-state index is 6.15. The molecule has 0 saturated carbocycles. The highest BCUT2D eigenvalue weighted by Crippen LogP contribution is 2.27. The summed E-state index contributed by atoms with van der Waals surface area (Å²) in [5.74, 6) is 0.730. The third-order valence-corrected chi connectivity index (χ3v) is 3.34. The average molecular weight is 256 g/mol. The molecule has 0 bridgehead atoms. The van der Waals surface area contributed by atoms with Crippen LogP contribution in [0.3, 0.4) is 0 Å². The Kier molecular flexibility index (Phi) is 4.26. The summed E-state index contributed by atoms with van der Waals surface area (Å²) in [5, 5.41) is 3.91. The van der Waals surface area contributed by atoms with E-state index in [4.69, 9.17) is 21.1 Å². The van der Waals surface area contributed by atoms with Gasteiger partial charge in [0.1, 0.15) is 11.9 Å². The molecule has 4 heteroatoms. The molecule has 1 heterocycles. The smallest absolute Gasteiger partial charge is 0.138 e. The first-order valence-electron chi connectivity index (χ1n) is 5.88. The fraction of sp³-hybridized carbons (Fsp3) is 0.538. The molecule has 0 spiro atoms. The Balaban J connectivity index is 2.08. The van der Waals surface area contributed by atoms with Crippen molar-refractivity contribution < 1.29 is 9.47 Å². The van der Waals surface area contributed by atoms with Crippen LogP contribution < -0.4 is 10.1 Å². The minimum atomic E-state index is 0.0222. The molecule has 17 heavy (non-hydrogen) atoms. The lowest BCUT2D eigenvalue weighted by molar-refractivity contribution is -0.0128. The first-order valence-corrected chi connectivity index (χ1v) is 6.26. The van der Waals surface area contributed by atoms with Gasteiger partial charge in [-0.05, 0) is 38.1 Å². The summed E-state index contributed by atoms with van der Waals surface area (Å²) in [6.45, 7) is 3.40. The first kappa shape index (κ1) is 12.7. The molecule has 2 rings (SSSR count). The maximum Gasteiger partial charge on any atom is 0.138 e. The zero-order valence-corrected chi connectivity index (χ0v) is 11.0. The molecule has 1 fully saturated rings. The molecule has 0 amide bonds. The number of rotatable bonds is 3. The van der Waals surface area contributed by atoms with E-state index in [2.05, 4.69) is 5.32 Å². The van der Waals surface area contributed by atoms with Crippen LogP contribution in [-0.2, 0) is 4.74 Å². The lowest BCUT2D eigenvalue weighted by Crippen LogP contribution is -2.48. The van der Waals surface area contributed by atoms with E-state index in [9.17, 15) is 0 Å². The van der Waals surface area contributed by atoms with Crippen LogP contribution in [0.1, 0.15) is 12.0 Å². The Labute approximate surface area is 107 Å². The van der Waals surface area contributed by atoms with Gasteiger partial charge < -0.3 is 14.8 Å². The fourth-order valence-corrected chi connectivity index (χ4v) is 2.30. The monoisotopic (exact) mass is 255 g/mol. The van der Waals surface area contributed by atoms with Gasteiger partial charge in [-0.25, -0.2) is 0 Å². The zero-order valence-electron chi connectivity index (χ0n) is 10.2. The predicted octanol–water partition coefficient (Wildman–Crippen LogP) is 2.40. The van der Waals surface area contributed by atoms with Crippen LogP contribution in [0, 0.1) is 6.92 Å². The molecule has 1 aromatic carbocycles. The van der Waals surface area contributed by atoms with E-state index >= 15 is 0 Å². The van der Waals surface area contributed by atoms with Crippen LogP contribution in [0.4, 0.5) is 0 Å². The highest BCUT2D eigenvalue weighted by atomic mass is 35.5. The fourth-order valence-electron chi connectivity index (χ4n) is 2.02. The number of hydrogen-bond donors (Lipinski definition) is 1. The number of likely N-dealkylation sites (N-methyl/N-ethyl adjacent to an activating group) is 1. The summed E-state index contributed by atoms with van der Waals surface area (Å²) in [6.07, 6.45) is 0.985. The Morgan fingerprint density at radius 2 is 2.29 bits per heavy atom. The lowest BCUT2D eigenvalue weighted by atomic mass is 10.1. The summed E-state index contributed by atoms with van der Waals surface area (Å²) < 4.78 is 11.4. The van der Waals surface area contributed by atoms with Crippen LogP contribution in [-0.4, -0.2) is 32.4 Å². The van der Waals surface area contributed by atoms with E-state index in [0.29, 0.717) is 17.7 Å². The number of benzene rings is 1. The zero-order chi connectivity index (χ0) is 12.3. The topological polar surface area (TPSA) is 30.5 Å². The van der Waals surface area contributed by atoms with Gasteiger partial charge >= 0.3 is 0 Å². The van der Waals surface area contributed by atoms with Crippen molar-refractivity contribution in [1.82, 2.24) is 5.32 Å². The summed E-state index contributed by atoms with van der Waals surface area (Å²) >= 11 is 6.15.